The van der Waals surface area contributed by atoms with Gasteiger partial charge in [-0.3, -0.25) is 0 Å². The molecule has 1 aromatic carbocycles. The first-order chi connectivity index (χ1) is 8.04. The van der Waals surface area contributed by atoms with Crippen molar-refractivity contribution in [1.29, 1.82) is 0 Å². The van der Waals surface area contributed by atoms with Crippen LogP contribution in [0.15, 0.2) is 18.2 Å². The van der Waals surface area contributed by atoms with Crippen LogP contribution in [0.5, 0.6) is 0 Å². The highest BCUT2D eigenvalue weighted by molar-refractivity contribution is 7.99. The Morgan fingerprint density at radius 3 is 2.47 bits per heavy atom. The Kier molecular flexibility index (Phi) is 6.71. The van der Waals surface area contributed by atoms with Crippen molar-refractivity contribution in [2.75, 3.05) is 12.3 Å². The van der Waals surface area contributed by atoms with E-state index in [4.69, 9.17) is 23.2 Å². The summed E-state index contributed by atoms with van der Waals surface area (Å²) < 4.78 is 0. The fourth-order valence-corrected chi connectivity index (χ4v) is 2.73. The van der Waals surface area contributed by atoms with E-state index in [1.54, 1.807) is 0 Å². The maximum Gasteiger partial charge on any atom is 0.0595 e. The number of benzene rings is 1. The molecular weight excluding hydrogens is 273 g/mol. The van der Waals surface area contributed by atoms with Crippen molar-refractivity contribution in [2.24, 2.45) is 0 Å². The lowest BCUT2D eigenvalue weighted by Gasteiger charge is -2.19. The summed E-state index contributed by atoms with van der Waals surface area (Å²) in [4.78, 5) is 0. The van der Waals surface area contributed by atoms with E-state index in [1.165, 1.54) is 5.56 Å². The van der Waals surface area contributed by atoms with Crippen molar-refractivity contribution in [1.82, 2.24) is 5.32 Å². The Morgan fingerprint density at radius 2 is 1.94 bits per heavy atom. The minimum Gasteiger partial charge on any atom is -0.310 e. The second-order valence-electron chi connectivity index (χ2n) is 4.17. The van der Waals surface area contributed by atoms with Crippen LogP contribution in [-0.2, 0) is 0 Å². The molecule has 1 atom stereocenters. The molecule has 0 aliphatic heterocycles. The number of nitrogens with one attached hydrogen (secondary N) is 1. The smallest absolute Gasteiger partial charge is 0.0595 e. The molecule has 1 rings (SSSR count). The SMILES string of the molecule is CCNC(CSC(C)C)c1ccc(Cl)c(Cl)c1. The van der Waals surface area contributed by atoms with Crippen LogP contribution in [-0.4, -0.2) is 17.5 Å². The van der Waals surface area contributed by atoms with Crippen molar-refractivity contribution in [3.8, 4) is 0 Å². The summed E-state index contributed by atoms with van der Waals surface area (Å²) in [6.45, 7) is 7.49. The molecule has 1 N–H and O–H groups in total. The molecule has 0 spiro atoms. The molecule has 1 unspecified atom stereocenters. The predicted molar refractivity (Wildman–Crippen MR) is 80.5 cm³/mol. The van der Waals surface area contributed by atoms with E-state index in [9.17, 15) is 0 Å². The third-order valence-corrected chi connectivity index (χ3v) is 4.32. The minimum atomic E-state index is 0.335. The summed E-state index contributed by atoms with van der Waals surface area (Å²) in [7, 11) is 0. The van der Waals surface area contributed by atoms with Gasteiger partial charge in [0, 0.05) is 11.8 Å². The Labute approximate surface area is 118 Å². The molecule has 0 saturated carbocycles. The molecule has 0 aliphatic rings. The Hall–Kier alpha value is 0.110. The van der Waals surface area contributed by atoms with E-state index in [0.29, 0.717) is 21.3 Å². The van der Waals surface area contributed by atoms with Gasteiger partial charge in [-0.15, -0.1) is 0 Å². The van der Waals surface area contributed by atoms with Gasteiger partial charge in [0.15, 0.2) is 0 Å². The summed E-state index contributed by atoms with van der Waals surface area (Å²) in [6, 6.07) is 6.20. The molecular formula is C13H19Cl2NS. The van der Waals surface area contributed by atoms with Gasteiger partial charge in [0.1, 0.15) is 0 Å². The zero-order chi connectivity index (χ0) is 12.8. The van der Waals surface area contributed by atoms with Gasteiger partial charge in [0.2, 0.25) is 0 Å². The van der Waals surface area contributed by atoms with Crippen LogP contribution in [0.2, 0.25) is 10.0 Å². The van der Waals surface area contributed by atoms with E-state index in [-0.39, 0.29) is 0 Å². The molecule has 0 saturated heterocycles. The fraction of sp³-hybridized carbons (Fsp3) is 0.538. The van der Waals surface area contributed by atoms with Gasteiger partial charge >= 0.3 is 0 Å². The first kappa shape index (κ1) is 15.2. The van der Waals surface area contributed by atoms with Gasteiger partial charge in [0.25, 0.3) is 0 Å². The number of hydrogen-bond donors (Lipinski definition) is 1. The molecule has 1 aromatic rings. The molecule has 4 heteroatoms. The van der Waals surface area contributed by atoms with Crippen LogP contribution in [0.3, 0.4) is 0 Å². The quantitative estimate of drug-likeness (QED) is 0.809. The maximum absolute atomic E-state index is 6.05. The third-order valence-electron chi connectivity index (χ3n) is 2.39. The largest absolute Gasteiger partial charge is 0.310 e. The van der Waals surface area contributed by atoms with E-state index >= 15 is 0 Å². The number of halogens is 2. The third kappa shape index (κ3) is 5.09. The highest BCUT2D eigenvalue weighted by Crippen LogP contribution is 2.28. The minimum absolute atomic E-state index is 0.335. The van der Waals surface area contributed by atoms with E-state index in [2.05, 4.69) is 26.1 Å². The summed E-state index contributed by atoms with van der Waals surface area (Å²) in [6.07, 6.45) is 0. The topological polar surface area (TPSA) is 12.0 Å². The molecule has 0 bridgehead atoms. The van der Waals surface area contributed by atoms with Gasteiger partial charge in [-0.25, -0.2) is 0 Å². The van der Waals surface area contributed by atoms with Crippen molar-refractivity contribution in [3.05, 3.63) is 33.8 Å². The highest BCUT2D eigenvalue weighted by Gasteiger charge is 2.12. The lowest BCUT2D eigenvalue weighted by atomic mass is 10.1. The Morgan fingerprint density at radius 1 is 1.24 bits per heavy atom. The van der Waals surface area contributed by atoms with Crippen molar-refractivity contribution in [2.45, 2.75) is 32.1 Å². The average molecular weight is 292 g/mol. The summed E-state index contributed by atoms with van der Waals surface area (Å²) in [5, 5.41) is 5.36. The van der Waals surface area contributed by atoms with E-state index < -0.39 is 0 Å². The molecule has 17 heavy (non-hydrogen) atoms. The molecule has 0 amide bonds. The normalized spacial score (nSPS) is 13.1. The Balaban J connectivity index is 2.77. The molecule has 0 fully saturated rings. The number of hydrogen-bond acceptors (Lipinski definition) is 2. The fourth-order valence-electron chi connectivity index (χ4n) is 1.54. The monoisotopic (exact) mass is 291 g/mol. The summed E-state index contributed by atoms with van der Waals surface area (Å²) in [5.41, 5.74) is 1.20. The van der Waals surface area contributed by atoms with Crippen LogP contribution in [0, 0.1) is 0 Å². The maximum atomic E-state index is 6.05. The lowest BCUT2D eigenvalue weighted by molar-refractivity contribution is 0.605. The van der Waals surface area contributed by atoms with Crippen LogP contribution < -0.4 is 5.32 Å². The van der Waals surface area contributed by atoms with Crippen molar-refractivity contribution < 1.29 is 0 Å². The van der Waals surface area contributed by atoms with E-state index in [1.807, 2.05) is 30.0 Å². The van der Waals surface area contributed by atoms with Gasteiger partial charge in [-0.2, -0.15) is 11.8 Å². The van der Waals surface area contributed by atoms with E-state index in [0.717, 1.165) is 12.3 Å². The average Bonchev–Trinajstić information content (AvgIpc) is 2.28. The molecule has 1 nitrogen and oxygen atoms in total. The Bertz CT molecular complexity index is 355. The van der Waals surface area contributed by atoms with Gasteiger partial charge in [0.05, 0.1) is 10.0 Å². The van der Waals surface area contributed by atoms with Crippen LogP contribution in [0.25, 0.3) is 0 Å². The van der Waals surface area contributed by atoms with Crippen LogP contribution in [0.4, 0.5) is 0 Å². The molecule has 0 aromatic heterocycles. The second-order valence-corrected chi connectivity index (χ2v) is 6.59. The molecule has 96 valence electrons. The van der Waals surface area contributed by atoms with Gasteiger partial charge in [-0.1, -0.05) is 50.0 Å². The second kappa shape index (κ2) is 7.52. The zero-order valence-corrected chi connectivity index (χ0v) is 12.8. The summed E-state index contributed by atoms with van der Waals surface area (Å²) >= 11 is 13.9. The summed E-state index contributed by atoms with van der Waals surface area (Å²) in [5.74, 6) is 1.05. The zero-order valence-electron chi connectivity index (χ0n) is 10.5. The molecule has 0 radical (unpaired) electrons. The first-order valence-corrected chi connectivity index (χ1v) is 7.65. The predicted octanol–water partition coefficient (Wildman–Crippen LogP) is 4.79. The molecule has 0 heterocycles. The van der Waals surface area contributed by atoms with Gasteiger partial charge < -0.3 is 5.32 Å². The standard InChI is InChI=1S/C13H19Cl2NS/c1-4-16-13(8-17-9(2)3)10-5-6-11(14)12(15)7-10/h5-7,9,13,16H,4,8H2,1-3H3. The van der Waals surface area contributed by atoms with Gasteiger partial charge in [-0.05, 0) is 29.5 Å². The first-order valence-electron chi connectivity index (χ1n) is 5.84. The van der Waals surface area contributed by atoms with Crippen molar-refractivity contribution in [3.63, 3.8) is 0 Å². The molecule has 0 aliphatic carbocycles. The number of rotatable bonds is 6. The van der Waals surface area contributed by atoms with Crippen molar-refractivity contribution >= 4 is 35.0 Å². The van der Waals surface area contributed by atoms with Crippen LogP contribution >= 0.6 is 35.0 Å². The van der Waals surface area contributed by atoms with Crippen LogP contribution in [0.1, 0.15) is 32.4 Å². The number of thioether (sulfide) groups is 1. The highest BCUT2D eigenvalue weighted by atomic mass is 35.5. The lowest BCUT2D eigenvalue weighted by Crippen LogP contribution is -2.23.